The summed E-state index contributed by atoms with van der Waals surface area (Å²) in [6.07, 6.45) is 3.47. The predicted octanol–water partition coefficient (Wildman–Crippen LogP) is 4.55. The topological polar surface area (TPSA) is 67.8 Å². The van der Waals surface area contributed by atoms with Crippen molar-refractivity contribution in [2.45, 2.75) is 12.1 Å². The van der Waals surface area contributed by atoms with E-state index in [1.165, 1.54) is 0 Å². The summed E-state index contributed by atoms with van der Waals surface area (Å²) in [4.78, 5) is 12.0. The summed E-state index contributed by atoms with van der Waals surface area (Å²) in [6.45, 7) is 0. The number of hydrogen-bond acceptors (Lipinski definition) is 4. The van der Waals surface area contributed by atoms with Gasteiger partial charge in [0.25, 0.3) is 0 Å². The molecule has 0 fully saturated rings. The molecule has 2 N–H and O–H groups in total. The standard InChI is InChI=1S/C25H25NO4/c1-29-21-13-9-19(10-14-21)24(20-11-15-22(30-2)16-12-20)26-23(25(27)28)17-8-18-6-4-3-5-7-18/h3-17,23-24,26H,1-2H3,(H,27,28)/b17-8-. The quantitative estimate of drug-likeness (QED) is 0.549. The lowest BCUT2D eigenvalue weighted by molar-refractivity contribution is -0.138. The molecule has 0 saturated carbocycles. The summed E-state index contributed by atoms with van der Waals surface area (Å²) >= 11 is 0. The summed E-state index contributed by atoms with van der Waals surface area (Å²) < 4.78 is 10.5. The van der Waals surface area contributed by atoms with E-state index >= 15 is 0 Å². The molecule has 1 unspecified atom stereocenters. The minimum Gasteiger partial charge on any atom is -0.497 e. The summed E-state index contributed by atoms with van der Waals surface area (Å²) in [7, 11) is 3.23. The number of benzene rings is 3. The first-order valence-electron chi connectivity index (χ1n) is 9.60. The number of carboxylic acid groups (broad SMARTS) is 1. The second kappa shape index (κ2) is 10.3. The van der Waals surface area contributed by atoms with Crippen molar-refractivity contribution in [2.24, 2.45) is 0 Å². The fraction of sp³-hybridized carbons (Fsp3) is 0.160. The number of aliphatic carboxylic acids is 1. The maximum absolute atomic E-state index is 12.0. The number of rotatable bonds is 9. The van der Waals surface area contributed by atoms with Gasteiger partial charge >= 0.3 is 5.97 Å². The van der Waals surface area contributed by atoms with Crippen LogP contribution in [0.5, 0.6) is 11.5 Å². The van der Waals surface area contributed by atoms with E-state index in [9.17, 15) is 9.90 Å². The van der Waals surface area contributed by atoms with E-state index in [0.717, 1.165) is 28.2 Å². The zero-order chi connectivity index (χ0) is 21.3. The summed E-state index contributed by atoms with van der Waals surface area (Å²) in [5.74, 6) is 0.534. The highest BCUT2D eigenvalue weighted by Crippen LogP contribution is 2.26. The number of methoxy groups -OCH3 is 2. The second-order valence-corrected chi connectivity index (χ2v) is 6.73. The van der Waals surface area contributed by atoms with Crippen molar-refractivity contribution in [2.75, 3.05) is 14.2 Å². The van der Waals surface area contributed by atoms with Crippen molar-refractivity contribution in [1.29, 1.82) is 0 Å². The maximum atomic E-state index is 12.0. The lowest BCUT2D eigenvalue weighted by atomic mass is 9.97. The Kier molecular flexibility index (Phi) is 7.24. The van der Waals surface area contributed by atoms with Crippen LogP contribution in [0, 0.1) is 0 Å². The Hall–Kier alpha value is -3.57. The molecule has 0 saturated heterocycles. The van der Waals surface area contributed by atoms with Gasteiger partial charge in [-0.3, -0.25) is 10.1 Å². The van der Waals surface area contributed by atoms with Crippen molar-refractivity contribution in [3.63, 3.8) is 0 Å². The molecule has 5 nitrogen and oxygen atoms in total. The zero-order valence-electron chi connectivity index (χ0n) is 17.0. The fourth-order valence-corrected chi connectivity index (χ4v) is 3.14. The van der Waals surface area contributed by atoms with Gasteiger partial charge in [0, 0.05) is 0 Å². The van der Waals surface area contributed by atoms with E-state index < -0.39 is 12.0 Å². The van der Waals surface area contributed by atoms with Crippen LogP contribution in [0.25, 0.3) is 6.08 Å². The minimum atomic E-state index is -0.950. The van der Waals surface area contributed by atoms with Crippen LogP contribution >= 0.6 is 0 Å². The number of carboxylic acids is 1. The molecule has 1 atom stereocenters. The molecule has 30 heavy (non-hydrogen) atoms. The molecule has 0 bridgehead atoms. The van der Waals surface area contributed by atoms with E-state index in [0.29, 0.717) is 0 Å². The SMILES string of the molecule is COc1ccc(C(NC(/C=C\c2ccccc2)C(=O)O)c2ccc(OC)cc2)cc1. The third-order valence-electron chi connectivity index (χ3n) is 4.79. The first kappa shape index (κ1) is 21.1. The molecule has 0 aliphatic rings. The zero-order valence-corrected chi connectivity index (χ0v) is 17.0. The monoisotopic (exact) mass is 403 g/mol. The minimum absolute atomic E-state index is 0.330. The summed E-state index contributed by atoms with van der Waals surface area (Å²) in [6, 6.07) is 23.6. The van der Waals surface area contributed by atoms with Crippen LogP contribution in [0.3, 0.4) is 0 Å². The number of ether oxygens (including phenoxy) is 2. The van der Waals surface area contributed by atoms with E-state index in [-0.39, 0.29) is 6.04 Å². The van der Waals surface area contributed by atoms with Gasteiger partial charge in [-0.1, -0.05) is 66.7 Å². The summed E-state index contributed by atoms with van der Waals surface area (Å²) in [5.41, 5.74) is 2.80. The Bertz CT molecular complexity index is 919. The number of carbonyl (C=O) groups is 1. The second-order valence-electron chi connectivity index (χ2n) is 6.73. The number of nitrogens with one attached hydrogen (secondary N) is 1. The molecule has 0 aliphatic heterocycles. The summed E-state index contributed by atoms with van der Waals surface area (Å²) in [5, 5.41) is 13.1. The molecule has 0 heterocycles. The van der Waals surface area contributed by atoms with E-state index in [4.69, 9.17) is 9.47 Å². The van der Waals surface area contributed by atoms with Crippen molar-refractivity contribution < 1.29 is 19.4 Å². The molecule has 0 aliphatic carbocycles. The molecule has 154 valence electrons. The van der Waals surface area contributed by atoms with Crippen molar-refractivity contribution in [3.8, 4) is 11.5 Å². The lowest BCUT2D eigenvalue weighted by Crippen LogP contribution is -2.38. The van der Waals surface area contributed by atoms with Gasteiger partial charge in [0.05, 0.1) is 20.3 Å². The van der Waals surface area contributed by atoms with Gasteiger partial charge in [0.2, 0.25) is 0 Å². The largest absolute Gasteiger partial charge is 0.497 e. The molecule has 0 aromatic heterocycles. The highest BCUT2D eigenvalue weighted by atomic mass is 16.5. The molecular weight excluding hydrogens is 378 g/mol. The average molecular weight is 403 g/mol. The van der Waals surface area contributed by atoms with Crippen LogP contribution < -0.4 is 14.8 Å². The molecule has 3 rings (SSSR count). The van der Waals surface area contributed by atoms with Gasteiger partial charge < -0.3 is 14.6 Å². The lowest BCUT2D eigenvalue weighted by Gasteiger charge is -2.23. The van der Waals surface area contributed by atoms with Crippen LogP contribution in [-0.4, -0.2) is 31.3 Å². The molecule has 0 spiro atoms. The smallest absolute Gasteiger partial charge is 0.324 e. The van der Waals surface area contributed by atoms with Crippen LogP contribution in [0.15, 0.2) is 84.9 Å². The maximum Gasteiger partial charge on any atom is 0.324 e. The normalized spacial score (nSPS) is 12.1. The Balaban J connectivity index is 1.92. The first-order chi connectivity index (χ1) is 14.6. The van der Waals surface area contributed by atoms with Gasteiger partial charge in [0.1, 0.15) is 17.5 Å². The van der Waals surface area contributed by atoms with Gasteiger partial charge in [-0.05, 0) is 41.0 Å². The van der Waals surface area contributed by atoms with Crippen molar-refractivity contribution in [3.05, 3.63) is 102 Å². The van der Waals surface area contributed by atoms with Gasteiger partial charge in [0.15, 0.2) is 0 Å². The van der Waals surface area contributed by atoms with Gasteiger partial charge in [-0.2, -0.15) is 0 Å². The Morgan fingerprint density at radius 3 is 1.77 bits per heavy atom. The third kappa shape index (κ3) is 5.49. The fourth-order valence-electron chi connectivity index (χ4n) is 3.14. The Labute approximate surface area is 176 Å². The third-order valence-corrected chi connectivity index (χ3v) is 4.79. The molecule has 0 amide bonds. The van der Waals surface area contributed by atoms with E-state index in [1.807, 2.05) is 84.9 Å². The van der Waals surface area contributed by atoms with Crippen LogP contribution in [-0.2, 0) is 4.79 Å². The Morgan fingerprint density at radius 2 is 1.33 bits per heavy atom. The van der Waals surface area contributed by atoms with Crippen LogP contribution in [0.2, 0.25) is 0 Å². The molecule has 3 aromatic carbocycles. The Morgan fingerprint density at radius 1 is 0.833 bits per heavy atom. The highest BCUT2D eigenvalue weighted by Gasteiger charge is 2.22. The molecule has 0 radical (unpaired) electrons. The average Bonchev–Trinajstić information content (AvgIpc) is 2.80. The predicted molar refractivity (Wildman–Crippen MR) is 118 cm³/mol. The van der Waals surface area contributed by atoms with Crippen LogP contribution in [0.4, 0.5) is 0 Å². The van der Waals surface area contributed by atoms with E-state index in [1.54, 1.807) is 20.3 Å². The molecule has 3 aromatic rings. The molecule has 5 heteroatoms. The first-order valence-corrected chi connectivity index (χ1v) is 9.60. The van der Waals surface area contributed by atoms with Crippen LogP contribution in [0.1, 0.15) is 22.7 Å². The van der Waals surface area contributed by atoms with Gasteiger partial charge in [-0.25, -0.2) is 0 Å². The molecular formula is C25H25NO4. The number of hydrogen-bond donors (Lipinski definition) is 2. The highest BCUT2D eigenvalue weighted by molar-refractivity contribution is 5.77. The van der Waals surface area contributed by atoms with Gasteiger partial charge in [-0.15, -0.1) is 0 Å². The van der Waals surface area contributed by atoms with Crippen molar-refractivity contribution >= 4 is 12.0 Å². The van der Waals surface area contributed by atoms with Crippen molar-refractivity contribution in [1.82, 2.24) is 5.32 Å². The van der Waals surface area contributed by atoms with E-state index in [2.05, 4.69) is 5.32 Å².